The highest BCUT2D eigenvalue weighted by Crippen LogP contribution is 2.61. The van der Waals surface area contributed by atoms with Crippen molar-refractivity contribution in [1.29, 1.82) is 0 Å². The summed E-state index contributed by atoms with van der Waals surface area (Å²) in [6.45, 7) is 2.30. The number of hydrogen-bond acceptors (Lipinski definition) is 2. The first-order valence-corrected chi connectivity index (χ1v) is 10.6. The molecular weight excluding hydrogens is 290 g/mol. The van der Waals surface area contributed by atoms with Crippen molar-refractivity contribution in [3.05, 3.63) is 0 Å². The summed E-state index contributed by atoms with van der Waals surface area (Å²) in [5.74, 6) is 3.89. The van der Waals surface area contributed by atoms with Gasteiger partial charge in [-0.05, 0) is 81.5 Å². The Morgan fingerprint density at radius 1 is 1.09 bits per heavy atom. The molecule has 0 aliphatic heterocycles. The van der Waals surface area contributed by atoms with Crippen molar-refractivity contribution in [2.45, 2.75) is 82.4 Å². The van der Waals surface area contributed by atoms with Crippen molar-refractivity contribution in [2.75, 3.05) is 5.75 Å². The molecule has 3 heteroatoms. The smallest absolute Gasteiger partial charge is 0.230 e. The second-order valence-electron chi connectivity index (χ2n) is 8.79. The van der Waals surface area contributed by atoms with Gasteiger partial charge in [0.05, 0.1) is 5.75 Å². The van der Waals surface area contributed by atoms with E-state index in [1.54, 1.807) is 0 Å². The van der Waals surface area contributed by atoms with Crippen molar-refractivity contribution in [2.24, 2.45) is 23.2 Å². The molecule has 5 rings (SSSR count). The van der Waals surface area contributed by atoms with Crippen LogP contribution in [-0.2, 0) is 4.79 Å². The number of carbonyl (C=O) groups is 1. The molecule has 0 unspecified atom stereocenters. The molecule has 0 aromatic carbocycles. The Balaban J connectivity index is 1.31. The summed E-state index contributed by atoms with van der Waals surface area (Å²) in [4.78, 5) is 12.4. The van der Waals surface area contributed by atoms with Gasteiger partial charge in [-0.1, -0.05) is 12.8 Å². The number of rotatable bonds is 5. The molecule has 0 heterocycles. The van der Waals surface area contributed by atoms with Crippen LogP contribution in [0.25, 0.3) is 0 Å². The Morgan fingerprint density at radius 2 is 1.64 bits per heavy atom. The Labute approximate surface area is 139 Å². The van der Waals surface area contributed by atoms with E-state index in [9.17, 15) is 4.79 Å². The van der Waals surface area contributed by atoms with E-state index >= 15 is 0 Å². The van der Waals surface area contributed by atoms with Crippen LogP contribution in [0.4, 0.5) is 0 Å². The molecule has 1 amide bonds. The van der Waals surface area contributed by atoms with E-state index in [1.165, 1.54) is 64.2 Å². The van der Waals surface area contributed by atoms with Crippen molar-refractivity contribution < 1.29 is 4.79 Å². The van der Waals surface area contributed by atoms with Gasteiger partial charge in [-0.2, -0.15) is 0 Å². The van der Waals surface area contributed by atoms with Gasteiger partial charge in [0.25, 0.3) is 0 Å². The molecule has 0 saturated heterocycles. The summed E-state index contributed by atoms with van der Waals surface area (Å²) in [6.07, 6.45) is 14.0. The lowest BCUT2D eigenvalue weighted by molar-refractivity contribution is -0.123. The van der Waals surface area contributed by atoms with E-state index in [0.29, 0.717) is 23.1 Å². The molecule has 2 nitrogen and oxygen atoms in total. The number of nitrogens with one attached hydrogen (secondary N) is 1. The van der Waals surface area contributed by atoms with E-state index in [4.69, 9.17) is 0 Å². The molecule has 0 aromatic heterocycles. The second kappa shape index (κ2) is 6.03. The molecule has 124 valence electrons. The Hall–Kier alpha value is -0.180. The van der Waals surface area contributed by atoms with Gasteiger partial charge in [-0.25, -0.2) is 0 Å². The summed E-state index contributed by atoms with van der Waals surface area (Å²) in [5, 5.41) is 4.15. The molecule has 0 spiro atoms. The highest BCUT2D eigenvalue weighted by atomic mass is 32.2. The summed E-state index contributed by atoms with van der Waals surface area (Å²) in [5.41, 5.74) is 0.447. The number of carbonyl (C=O) groups excluding carboxylic acids is 1. The predicted octanol–water partition coefficient (Wildman–Crippen LogP) is 4.38. The topological polar surface area (TPSA) is 29.1 Å². The van der Waals surface area contributed by atoms with E-state index in [-0.39, 0.29) is 0 Å². The Bertz CT molecular complexity index is 394. The average molecular weight is 322 g/mol. The van der Waals surface area contributed by atoms with Crippen LogP contribution < -0.4 is 5.32 Å². The van der Waals surface area contributed by atoms with Crippen LogP contribution in [0.3, 0.4) is 0 Å². The normalized spacial score (nSPS) is 41.8. The lowest BCUT2D eigenvalue weighted by Crippen LogP contribution is -2.56. The Morgan fingerprint density at radius 3 is 2.18 bits per heavy atom. The zero-order valence-electron chi connectivity index (χ0n) is 14.0. The third kappa shape index (κ3) is 2.95. The quantitative estimate of drug-likeness (QED) is 0.814. The fraction of sp³-hybridized carbons (Fsp3) is 0.947. The van der Waals surface area contributed by atoms with Crippen molar-refractivity contribution >= 4 is 17.7 Å². The van der Waals surface area contributed by atoms with Gasteiger partial charge in [-0.15, -0.1) is 11.8 Å². The van der Waals surface area contributed by atoms with E-state index < -0.39 is 0 Å². The highest BCUT2D eigenvalue weighted by Gasteiger charge is 2.53. The summed E-state index contributed by atoms with van der Waals surface area (Å²) < 4.78 is 0. The van der Waals surface area contributed by atoms with Gasteiger partial charge in [0.15, 0.2) is 0 Å². The second-order valence-corrected chi connectivity index (χ2v) is 10.1. The molecule has 0 aromatic rings. The molecule has 22 heavy (non-hydrogen) atoms. The lowest BCUT2D eigenvalue weighted by Gasteiger charge is -2.59. The fourth-order valence-electron chi connectivity index (χ4n) is 6.39. The third-order valence-electron chi connectivity index (χ3n) is 7.13. The molecule has 5 aliphatic carbocycles. The van der Waals surface area contributed by atoms with E-state index in [2.05, 4.69) is 12.2 Å². The van der Waals surface area contributed by atoms with Gasteiger partial charge < -0.3 is 5.32 Å². The number of hydrogen-bond donors (Lipinski definition) is 1. The third-order valence-corrected chi connectivity index (χ3v) is 8.51. The number of thioether (sulfide) groups is 1. The minimum absolute atomic E-state index is 0.292. The van der Waals surface area contributed by atoms with Crippen LogP contribution in [0.5, 0.6) is 0 Å². The van der Waals surface area contributed by atoms with Gasteiger partial charge in [-0.3, -0.25) is 4.79 Å². The fourth-order valence-corrected chi connectivity index (χ4v) is 7.53. The lowest BCUT2D eigenvalue weighted by atomic mass is 9.48. The van der Waals surface area contributed by atoms with E-state index in [0.717, 1.165) is 23.0 Å². The van der Waals surface area contributed by atoms with Crippen molar-refractivity contribution in [3.63, 3.8) is 0 Å². The molecule has 4 bridgehead atoms. The summed E-state index contributed by atoms with van der Waals surface area (Å²) >= 11 is 1.90. The first-order chi connectivity index (χ1) is 10.6. The minimum atomic E-state index is 0.292. The van der Waals surface area contributed by atoms with Crippen LogP contribution in [-0.4, -0.2) is 23.0 Å². The largest absolute Gasteiger partial charge is 0.352 e. The average Bonchev–Trinajstić information content (AvgIpc) is 2.97. The summed E-state index contributed by atoms with van der Waals surface area (Å²) in [7, 11) is 0. The van der Waals surface area contributed by atoms with Crippen molar-refractivity contribution in [3.8, 4) is 0 Å². The van der Waals surface area contributed by atoms with E-state index in [1.807, 2.05) is 11.8 Å². The van der Waals surface area contributed by atoms with Gasteiger partial charge in [0, 0.05) is 11.3 Å². The van der Waals surface area contributed by atoms with Crippen LogP contribution in [0.1, 0.15) is 71.1 Å². The highest BCUT2D eigenvalue weighted by molar-refractivity contribution is 8.00. The Kier molecular flexibility index (Phi) is 4.21. The van der Waals surface area contributed by atoms with Crippen LogP contribution in [0.2, 0.25) is 0 Å². The van der Waals surface area contributed by atoms with Gasteiger partial charge in [0.1, 0.15) is 0 Å². The maximum absolute atomic E-state index is 12.4. The van der Waals surface area contributed by atoms with Crippen molar-refractivity contribution in [1.82, 2.24) is 5.32 Å². The zero-order chi connectivity index (χ0) is 15.2. The molecule has 1 N–H and O–H groups in total. The first-order valence-electron chi connectivity index (χ1n) is 9.54. The minimum Gasteiger partial charge on any atom is -0.352 e. The first kappa shape index (κ1) is 15.4. The van der Waals surface area contributed by atoms with Crippen LogP contribution in [0, 0.1) is 23.2 Å². The predicted molar refractivity (Wildman–Crippen MR) is 92.9 cm³/mol. The van der Waals surface area contributed by atoms with Crippen LogP contribution >= 0.6 is 11.8 Å². The maximum Gasteiger partial charge on any atom is 0.230 e. The zero-order valence-corrected chi connectivity index (χ0v) is 14.8. The molecule has 0 radical (unpaired) electrons. The molecular formula is C19H31NOS. The van der Waals surface area contributed by atoms with Gasteiger partial charge >= 0.3 is 0 Å². The standard InChI is InChI=1S/C19H31NOS/c1-13(20-18(21)12-22-17-4-2-3-5-17)19-9-14-6-15(10-19)8-16(7-14)11-19/h13-17H,2-12H2,1H3,(H,20,21)/t13-,14?,15?,16?,19?/m0/s1. The molecule has 5 aliphatic rings. The monoisotopic (exact) mass is 321 g/mol. The SMILES string of the molecule is C[C@H](NC(=O)CSC1CCCC1)C12CC3CC(CC(C3)C1)C2. The summed E-state index contributed by atoms with van der Waals surface area (Å²) in [6, 6.07) is 0.387. The molecule has 5 fully saturated rings. The van der Waals surface area contributed by atoms with Gasteiger partial charge in [0.2, 0.25) is 5.91 Å². The maximum atomic E-state index is 12.4. The number of amides is 1. The molecule has 5 saturated carbocycles. The molecule has 1 atom stereocenters. The van der Waals surface area contributed by atoms with Crippen LogP contribution in [0.15, 0.2) is 0 Å².